The van der Waals surface area contributed by atoms with Gasteiger partial charge < -0.3 is 15.2 Å². The fourth-order valence-corrected chi connectivity index (χ4v) is 1.90. The third-order valence-corrected chi connectivity index (χ3v) is 2.96. The number of ether oxygens (including phenoxy) is 2. The molecule has 1 aliphatic heterocycles. The van der Waals surface area contributed by atoms with Gasteiger partial charge in [0.25, 0.3) is 0 Å². The van der Waals surface area contributed by atoms with Crippen LogP contribution in [0.4, 0.5) is 0 Å². The van der Waals surface area contributed by atoms with Crippen LogP contribution in [-0.2, 0) is 15.9 Å². The summed E-state index contributed by atoms with van der Waals surface area (Å²) in [4.78, 5) is 0. The van der Waals surface area contributed by atoms with E-state index >= 15 is 0 Å². The van der Waals surface area contributed by atoms with Gasteiger partial charge in [-0.25, -0.2) is 0 Å². The zero-order valence-electron chi connectivity index (χ0n) is 9.06. The molecule has 0 aliphatic carbocycles. The molecule has 1 heterocycles. The summed E-state index contributed by atoms with van der Waals surface area (Å²) in [5.41, 5.74) is 7.25. The molecule has 2 N–H and O–H groups in total. The Kier molecular flexibility index (Phi) is 4.18. The van der Waals surface area contributed by atoms with Gasteiger partial charge in [-0.1, -0.05) is 23.7 Å². The van der Waals surface area contributed by atoms with E-state index in [9.17, 15) is 0 Å². The minimum Gasteiger partial charge on any atom is -0.376 e. The van der Waals surface area contributed by atoms with Gasteiger partial charge in [0, 0.05) is 11.1 Å². The SMILES string of the molecule is NC(Cc1ccc(Cl)cc1)C1COCCO1. The summed E-state index contributed by atoms with van der Waals surface area (Å²) in [5, 5.41) is 0.745. The highest BCUT2D eigenvalue weighted by molar-refractivity contribution is 6.30. The molecule has 1 aliphatic rings. The fourth-order valence-electron chi connectivity index (χ4n) is 1.78. The average Bonchev–Trinajstić information content (AvgIpc) is 2.33. The van der Waals surface area contributed by atoms with E-state index in [-0.39, 0.29) is 12.1 Å². The summed E-state index contributed by atoms with van der Waals surface area (Å²) in [6, 6.07) is 7.71. The standard InChI is InChI=1S/C12H16ClNO2/c13-10-3-1-9(2-4-10)7-11(14)12-8-15-5-6-16-12/h1-4,11-12H,5-8,14H2. The van der Waals surface area contributed by atoms with Crippen LogP contribution in [-0.4, -0.2) is 32.0 Å². The Balaban J connectivity index is 1.90. The second kappa shape index (κ2) is 5.64. The van der Waals surface area contributed by atoms with Crippen molar-refractivity contribution in [1.82, 2.24) is 0 Å². The molecule has 2 unspecified atom stereocenters. The van der Waals surface area contributed by atoms with Crippen LogP contribution in [0.15, 0.2) is 24.3 Å². The lowest BCUT2D eigenvalue weighted by molar-refractivity contribution is -0.0967. The van der Waals surface area contributed by atoms with Crippen LogP contribution in [0.25, 0.3) is 0 Å². The molecule has 2 rings (SSSR count). The first kappa shape index (κ1) is 11.9. The molecule has 0 saturated carbocycles. The van der Waals surface area contributed by atoms with Crippen molar-refractivity contribution in [3.05, 3.63) is 34.9 Å². The molecule has 0 amide bonds. The van der Waals surface area contributed by atoms with E-state index in [4.69, 9.17) is 26.8 Å². The maximum Gasteiger partial charge on any atom is 0.0963 e. The van der Waals surface area contributed by atoms with Gasteiger partial charge in [0.05, 0.1) is 25.9 Å². The van der Waals surface area contributed by atoms with Gasteiger partial charge in [-0.05, 0) is 24.1 Å². The molecule has 16 heavy (non-hydrogen) atoms. The van der Waals surface area contributed by atoms with Crippen molar-refractivity contribution in [2.75, 3.05) is 19.8 Å². The molecule has 2 atom stereocenters. The predicted molar refractivity (Wildman–Crippen MR) is 63.7 cm³/mol. The summed E-state index contributed by atoms with van der Waals surface area (Å²) in [5.74, 6) is 0. The minimum atomic E-state index is -0.0264. The van der Waals surface area contributed by atoms with E-state index in [1.54, 1.807) is 0 Å². The highest BCUT2D eigenvalue weighted by atomic mass is 35.5. The lowest BCUT2D eigenvalue weighted by atomic mass is 10.0. The van der Waals surface area contributed by atoms with Crippen LogP contribution in [0.1, 0.15) is 5.56 Å². The Labute approximate surface area is 100 Å². The first-order valence-electron chi connectivity index (χ1n) is 5.45. The second-order valence-electron chi connectivity index (χ2n) is 3.98. The van der Waals surface area contributed by atoms with Gasteiger partial charge in [-0.15, -0.1) is 0 Å². The van der Waals surface area contributed by atoms with Crippen molar-refractivity contribution in [2.24, 2.45) is 5.73 Å². The average molecular weight is 242 g/mol. The first-order chi connectivity index (χ1) is 7.75. The van der Waals surface area contributed by atoms with Crippen molar-refractivity contribution in [3.63, 3.8) is 0 Å². The molecule has 0 bridgehead atoms. The molecule has 1 saturated heterocycles. The molecule has 0 aromatic heterocycles. The van der Waals surface area contributed by atoms with Gasteiger partial charge in [0.15, 0.2) is 0 Å². The van der Waals surface area contributed by atoms with E-state index in [2.05, 4.69) is 0 Å². The summed E-state index contributed by atoms with van der Waals surface area (Å²) in [6.07, 6.45) is 0.787. The Hall–Kier alpha value is -0.610. The molecule has 88 valence electrons. The zero-order valence-corrected chi connectivity index (χ0v) is 9.82. The van der Waals surface area contributed by atoms with Gasteiger partial charge in [0.1, 0.15) is 0 Å². The molecule has 1 aromatic carbocycles. The first-order valence-corrected chi connectivity index (χ1v) is 5.83. The Morgan fingerprint density at radius 1 is 1.31 bits per heavy atom. The van der Waals surface area contributed by atoms with E-state index in [0.717, 1.165) is 11.4 Å². The number of hydrogen-bond donors (Lipinski definition) is 1. The molecule has 3 nitrogen and oxygen atoms in total. The van der Waals surface area contributed by atoms with Crippen LogP contribution in [0.2, 0.25) is 5.02 Å². The monoisotopic (exact) mass is 241 g/mol. The van der Waals surface area contributed by atoms with Crippen molar-refractivity contribution >= 4 is 11.6 Å². The predicted octanol–water partition coefficient (Wildman–Crippen LogP) is 1.63. The minimum absolute atomic E-state index is 0.00410. The van der Waals surface area contributed by atoms with Crippen molar-refractivity contribution < 1.29 is 9.47 Å². The van der Waals surface area contributed by atoms with Gasteiger partial charge in [0.2, 0.25) is 0 Å². The van der Waals surface area contributed by atoms with Gasteiger partial charge in [-0.3, -0.25) is 0 Å². The number of nitrogens with two attached hydrogens (primary N) is 1. The molecule has 1 aromatic rings. The smallest absolute Gasteiger partial charge is 0.0963 e. The van der Waals surface area contributed by atoms with E-state index in [1.807, 2.05) is 24.3 Å². The topological polar surface area (TPSA) is 44.5 Å². The Morgan fingerprint density at radius 2 is 2.06 bits per heavy atom. The summed E-state index contributed by atoms with van der Waals surface area (Å²) in [6.45, 7) is 1.90. The van der Waals surface area contributed by atoms with Gasteiger partial charge >= 0.3 is 0 Å². The van der Waals surface area contributed by atoms with Crippen molar-refractivity contribution in [2.45, 2.75) is 18.6 Å². The lowest BCUT2D eigenvalue weighted by Crippen LogP contribution is -2.44. The highest BCUT2D eigenvalue weighted by Crippen LogP contribution is 2.13. The molecular weight excluding hydrogens is 226 g/mol. The molecule has 0 radical (unpaired) electrons. The maximum absolute atomic E-state index is 6.08. The lowest BCUT2D eigenvalue weighted by Gasteiger charge is -2.28. The van der Waals surface area contributed by atoms with E-state index in [1.165, 1.54) is 5.56 Å². The van der Waals surface area contributed by atoms with Crippen molar-refractivity contribution in [1.29, 1.82) is 0 Å². The third kappa shape index (κ3) is 3.19. The van der Waals surface area contributed by atoms with Crippen LogP contribution in [0.3, 0.4) is 0 Å². The second-order valence-corrected chi connectivity index (χ2v) is 4.42. The quantitative estimate of drug-likeness (QED) is 0.875. The van der Waals surface area contributed by atoms with Crippen LogP contribution < -0.4 is 5.73 Å². The third-order valence-electron chi connectivity index (χ3n) is 2.70. The zero-order chi connectivity index (χ0) is 11.4. The highest BCUT2D eigenvalue weighted by Gasteiger charge is 2.21. The Bertz CT molecular complexity index is 322. The summed E-state index contributed by atoms with van der Waals surface area (Å²) >= 11 is 5.82. The molecule has 0 spiro atoms. The number of halogens is 1. The van der Waals surface area contributed by atoms with Crippen LogP contribution in [0, 0.1) is 0 Å². The fraction of sp³-hybridized carbons (Fsp3) is 0.500. The molecule has 1 fully saturated rings. The van der Waals surface area contributed by atoms with E-state index < -0.39 is 0 Å². The van der Waals surface area contributed by atoms with Crippen LogP contribution >= 0.6 is 11.6 Å². The number of benzene rings is 1. The Morgan fingerprint density at radius 3 is 2.69 bits per heavy atom. The van der Waals surface area contributed by atoms with Gasteiger partial charge in [-0.2, -0.15) is 0 Å². The largest absolute Gasteiger partial charge is 0.376 e. The maximum atomic E-state index is 6.08. The number of hydrogen-bond acceptors (Lipinski definition) is 3. The van der Waals surface area contributed by atoms with E-state index in [0.29, 0.717) is 19.8 Å². The summed E-state index contributed by atoms with van der Waals surface area (Å²) in [7, 11) is 0. The van der Waals surface area contributed by atoms with Crippen molar-refractivity contribution in [3.8, 4) is 0 Å². The molecule has 4 heteroatoms. The summed E-state index contributed by atoms with van der Waals surface area (Å²) < 4.78 is 10.9. The number of rotatable bonds is 3. The molecular formula is C12H16ClNO2. The van der Waals surface area contributed by atoms with Crippen LogP contribution in [0.5, 0.6) is 0 Å². The normalized spacial score (nSPS) is 23.0.